The molecule has 0 saturated heterocycles. The fourth-order valence-electron chi connectivity index (χ4n) is 2.80. The van der Waals surface area contributed by atoms with Crippen LogP contribution in [-0.2, 0) is 16.0 Å². The fraction of sp³-hybridized carbons (Fsp3) is 0.263. The summed E-state index contributed by atoms with van der Waals surface area (Å²) >= 11 is 1.50. The molecule has 1 aromatic heterocycles. The number of nitrogens with one attached hydrogen (secondary N) is 2. The minimum atomic E-state index is -0.463. The smallest absolute Gasteiger partial charge is 0.338 e. The van der Waals surface area contributed by atoms with E-state index in [1.54, 1.807) is 6.92 Å². The molecule has 130 valence electrons. The molecule has 0 bridgehead atoms. The molecule has 5 nitrogen and oxygen atoms in total. The molecular formula is C19H20N2O3S. The van der Waals surface area contributed by atoms with E-state index in [4.69, 9.17) is 4.74 Å². The van der Waals surface area contributed by atoms with Crippen LogP contribution in [0.25, 0.3) is 0 Å². The Morgan fingerprint density at radius 2 is 2.00 bits per heavy atom. The SMILES string of the molecule is CC1=C(C(=O)OCCCc2ccccc2)[C@@H](c2cccs2)NC(=O)N1. The summed E-state index contributed by atoms with van der Waals surface area (Å²) < 4.78 is 5.45. The Balaban J connectivity index is 1.62. The largest absolute Gasteiger partial charge is 0.462 e. The van der Waals surface area contributed by atoms with Crippen molar-refractivity contribution in [1.82, 2.24) is 10.6 Å². The van der Waals surface area contributed by atoms with Crippen molar-refractivity contribution < 1.29 is 14.3 Å². The highest BCUT2D eigenvalue weighted by Gasteiger charge is 2.32. The van der Waals surface area contributed by atoms with E-state index in [2.05, 4.69) is 22.8 Å². The zero-order valence-electron chi connectivity index (χ0n) is 14.0. The summed E-state index contributed by atoms with van der Waals surface area (Å²) in [5.74, 6) is -0.392. The second-order valence-electron chi connectivity index (χ2n) is 5.81. The number of hydrogen-bond acceptors (Lipinski definition) is 4. The lowest BCUT2D eigenvalue weighted by molar-refractivity contribution is -0.139. The van der Waals surface area contributed by atoms with Crippen molar-refractivity contribution in [3.05, 3.63) is 69.6 Å². The second kappa shape index (κ2) is 7.98. The van der Waals surface area contributed by atoms with Crippen molar-refractivity contribution in [1.29, 1.82) is 0 Å². The molecular weight excluding hydrogens is 336 g/mol. The van der Waals surface area contributed by atoms with Gasteiger partial charge in [-0.25, -0.2) is 9.59 Å². The molecule has 0 unspecified atom stereocenters. The van der Waals surface area contributed by atoms with Crippen molar-refractivity contribution >= 4 is 23.3 Å². The lowest BCUT2D eigenvalue weighted by atomic mass is 10.0. The third kappa shape index (κ3) is 4.28. The maximum atomic E-state index is 12.6. The first-order valence-corrected chi connectivity index (χ1v) is 9.06. The number of hydrogen-bond donors (Lipinski definition) is 2. The van der Waals surface area contributed by atoms with Crippen molar-refractivity contribution in [3.8, 4) is 0 Å². The molecule has 2 aromatic rings. The van der Waals surface area contributed by atoms with Gasteiger partial charge in [-0.15, -0.1) is 11.3 Å². The van der Waals surface area contributed by atoms with Crippen LogP contribution in [0.2, 0.25) is 0 Å². The van der Waals surface area contributed by atoms with E-state index in [9.17, 15) is 9.59 Å². The van der Waals surface area contributed by atoms with Gasteiger partial charge in [-0.1, -0.05) is 36.4 Å². The fourth-order valence-corrected chi connectivity index (χ4v) is 3.58. The van der Waals surface area contributed by atoms with Gasteiger partial charge in [0, 0.05) is 10.6 Å². The van der Waals surface area contributed by atoms with Crippen molar-refractivity contribution in [2.45, 2.75) is 25.8 Å². The number of rotatable bonds is 6. The van der Waals surface area contributed by atoms with Gasteiger partial charge in [-0.05, 0) is 36.8 Å². The highest BCUT2D eigenvalue weighted by Crippen LogP contribution is 2.30. The minimum absolute atomic E-state index is 0.309. The first-order valence-electron chi connectivity index (χ1n) is 8.18. The molecule has 2 amide bonds. The molecule has 1 atom stereocenters. The third-order valence-electron chi connectivity index (χ3n) is 4.00. The number of ether oxygens (including phenoxy) is 1. The highest BCUT2D eigenvalue weighted by molar-refractivity contribution is 7.10. The number of carbonyl (C=O) groups excluding carboxylic acids is 2. The number of aryl methyl sites for hydroxylation is 1. The predicted molar refractivity (Wildman–Crippen MR) is 97.1 cm³/mol. The standard InChI is InChI=1S/C19H20N2O3S/c1-13-16(17(21-19(23)20-13)15-10-6-12-25-15)18(22)24-11-5-9-14-7-3-2-4-8-14/h2-4,6-8,10,12,17H,5,9,11H2,1H3,(H2,20,21,23)/t17-/m1/s1. The van der Waals surface area contributed by atoms with Crippen LogP contribution in [0.1, 0.15) is 29.8 Å². The Morgan fingerprint density at radius 3 is 2.72 bits per heavy atom. The number of benzene rings is 1. The average Bonchev–Trinajstić information content (AvgIpc) is 3.13. The second-order valence-corrected chi connectivity index (χ2v) is 6.79. The summed E-state index contributed by atoms with van der Waals surface area (Å²) in [5.41, 5.74) is 2.22. The molecule has 6 heteroatoms. The lowest BCUT2D eigenvalue weighted by Crippen LogP contribution is -2.45. The van der Waals surface area contributed by atoms with Crippen LogP contribution >= 0.6 is 11.3 Å². The summed E-state index contributed by atoms with van der Waals surface area (Å²) in [6.07, 6.45) is 1.61. The van der Waals surface area contributed by atoms with Crippen LogP contribution in [0.5, 0.6) is 0 Å². The molecule has 25 heavy (non-hydrogen) atoms. The molecule has 2 N–H and O–H groups in total. The zero-order chi connectivity index (χ0) is 17.6. The highest BCUT2D eigenvalue weighted by atomic mass is 32.1. The topological polar surface area (TPSA) is 67.4 Å². The van der Waals surface area contributed by atoms with Crippen LogP contribution in [-0.4, -0.2) is 18.6 Å². The summed E-state index contributed by atoms with van der Waals surface area (Å²) in [7, 11) is 0. The molecule has 1 aromatic carbocycles. The molecule has 0 saturated carbocycles. The summed E-state index contributed by atoms with van der Waals surface area (Å²) in [5, 5.41) is 7.37. The number of esters is 1. The molecule has 0 aliphatic carbocycles. The molecule has 2 heterocycles. The molecule has 3 rings (SSSR count). The van der Waals surface area contributed by atoms with E-state index in [0.29, 0.717) is 17.9 Å². The molecule has 0 spiro atoms. The van der Waals surface area contributed by atoms with Crippen LogP contribution in [0.4, 0.5) is 4.79 Å². The maximum absolute atomic E-state index is 12.6. The normalized spacial score (nSPS) is 17.0. The summed E-state index contributed by atoms with van der Waals surface area (Å²) in [4.78, 5) is 25.2. The quantitative estimate of drug-likeness (QED) is 0.614. The Morgan fingerprint density at radius 1 is 1.20 bits per heavy atom. The zero-order valence-corrected chi connectivity index (χ0v) is 14.8. The molecule has 0 fully saturated rings. The molecule has 1 aliphatic heterocycles. The predicted octanol–water partition coefficient (Wildman–Crippen LogP) is 3.55. The van der Waals surface area contributed by atoms with Gasteiger partial charge in [0.2, 0.25) is 0 Å². The van der Waals surface area contributed by atoms with Gasteiger partial charge in [0.1, 0.15) is 0 Å². The molecule has 1 aliphatic rings. The van der Waals surface area contributed by atoms with Gasteiger partial charge in [-0.3, -0.25) is 0 Å². The van der Waals surface area contributed by atoms with Gasteiger partial charge in [0.15, 0.2) is 0 Å². The number of urea groups is 1. The van der Waals surface area contributed by atoms with Crippen LogP contribution in [0.3, 0.4) is 0 Å². The Hall–Kier alpha value is -2.60. The Labute approximate surface area is 150 Å². The van der Waals surface area contributed by atoms with Crippen molar-refractivity contribution in [2.24, 2.45) is 0 Å². The van der Waals surface area contributed by atoms with E-state index in [-0.39, 0.29) is 6.03 Å². The van der Waals surface area contributed by atoms with E-state index < -0.39 is 12.0 Å². The number of carbonyl (C=O) groups is 2. The molecule has 0 radical (unpaired) electrons. The van der Waals surface area contributed by atoms with E-state index >= 15 is 0 Å². The van der Waals surface area contributed by atoms with Gasteiger partial charge in [0.25, 0.3) is 0 Å². The van der Waals surface area contributed by atoms with Crippen molar-refractivity contribution in [2.75, 3.05) is 6.61 Å². The first-order chi connectivity index (χ1) is 12.1. The monoisotopic (exact) mass is 356 g/mol. The van der Waals surface area contributed by atoms with Crippen LogP contribution in [0, 0.1) is 0 Å². The van der Waals surface area contributed by atoms with Gasteiger partial charge in [-0.2, -0.15) is 0 Å². The minimum Gasteiger partial charge on any atom is -0.462 e. The van der Waals surface area contributed by atoms with Gasteiger partial charge in [0.05, 0.1) is 18.2 Å². The number of allylic oxidation sites excluding steroid dienone is 1. The maximum Gasteiger partial charge on any atom is 0.338 e. The first kappa shape index (κ1) is 17.2. The van der Waals surface area contributed by atoms with E-state index in [1.165, 1.54) is 16.9 Å². The van der Waals surface area contributed by atoms with Crippen LogP contribution in [0.15, 0.2) is 59.1 Å². The number of thiophene rings is 1. The average molecular weight is 356 g/mol. The Bertz CT molecular complexity index is 769. The third-order valence-corrected chi connectivity index (χ3v) is 4.94. The lowest BCUT2D eigenvalue weighted by Gasteiger charge is -2.27. The Kier molecular flexibility index (Phi) is 5.50. The van der Waals surface area contributed by atoms with Gasteiger partial charge < -0.3 is 15.4 Å². The van der Waals surface area contributed by atoms with E-state index in [0.717, 1.165) is 17.7 Å². The van der Waals surface area contributed by atoms with E-state index in [1.807, 2.05) is 35.7 Å². The summed E-state index contributed by atoms with van der Waals surface area (Å²) in [6.45, 7) is 2.07. The van der Waals surface area contributed by atoms with Gasteiger partial charge >= 0.3 is 12.0 Å². The summed E-state index contributed by atoms with van der Waals surface area (Å²) in [6, 6.07) is 13.1. The number of amides is 2. The van der Waals surface area contributed by atoms with Crippen molar-refractivity contribution in [3.63, 3.8) is 0 Å². The van der Waals surface area contributed by atoms with Crippen LogP contribution < -0.4 is 10.6 Å².